The molecule has 1 aromatic carbocycles. The highest BCUT2D eigenvalue weighted by atomic mass is 79.9. The molecule has 132 valence electrons. The summed E-state index contributed by atoms with van der Waals surface area (Å²) in [6.07, 6.45) is 0. The van der Waals surface area contributed by atoms with Gasteiger partial charge in [0.05, 0.1) is 23.8 Å². The Morgan fingerprint density at radius 3 is 2.88 bits per heavy atom. The van der Waals surface area contributed by atoms with Crippen molar-refractivity contribution in [1.82, 2.24) is 15.1 Å². The predicted octanol–water partition coefficient (Wildman–Crippen LogP) is 0.717. The molecule has 3 amide bonds. The molecular formula is C16H17BrN4O3S. The van der Waals surface area contributed by atoms with E-state index in [0.717, 1.165) is 16.1 Å². The lowest BCUT2D eigenvalue weighted by atomic mass is 10.1. The summed E-state index contributed by atoms with van der Waals surface area (Å²) in [5, 5.41) is 5.99. The van der Waals surface area contributed by atoms with Crippen molar-refractivity contribution in [2.24, 2.45) is 0 Å². The smallest absolute Gasteiger partial charge is 0.256 e. The number of halogens is 1. The molecule has 0 aromatic heterocycles. The molecule has 0 aliphatic carbocycles. The molecule has 3 heterocycles. The quantitative estimate of drug-likeness (QED) is 0.693. The number of thioether (sulfide) groups is 1. The van der Waals surface area contributed by atoms with Gasteiger partial charge in [0.15, 0.2) is 0 Å². The first-order valence-electron chi connectivity index (χ1n) is 8.06. The number of benzene rings is 1. The van der Waals surface area contributed by atoms with E-state index in [-0.39, 0.29) is 30.3 Å². The molecule has 4 rings (SSSR count). The van der Waals surface area contributed by atoms with Crippen LogP contribution in [0.15, 0.2) is 22.7 Å². The van der Waals surface area contributed by atoms with E-state index in [1.165, 1.54) is 0 Å². The van der Waals surface area contributed by atoms with Crippen LogP contribution in [0, 0.1) is 0 Å². The normalized spacial score (nSPS) is 26.0. The average molecular weight is 425 g/mol. The van der Waals surface area contributed by atoms with Crippen LogP contribution in [0.25, 0.3) is 0 Å². The minimum Gasteiger partial charge on any atom is -0.337 e. The van der Waals surface area contributed by atoms with Crippen molar-refractivity contribution >= 4 is 51.1 Å². The van der Waals surface area contributed by atoms with Crippen LogP contribution in [-0.4, -0.2) is 70.9 Å². The zero-order valence-electron chi connectivity index (χ0n) is 13.3. The summed E-state index contributed by atoms with van der Waals surface area (Å²) in [6.45, 7) is 1.03. The van der Waals surface area contributed by atoms with E-state index in [1.807, 2.05) is 0 Å². The highest BCUT2D eigenvalue weighted by Crippen LogP contribution is 2.28. The first-order valence-corrected chi connectivity index (χ1v) is 10.0. The van der Waals surface area contributed by atoms with Gasteiger partial charge in [0.1, 0.15) is 6.04 Å². The van der Waals surface area contributed by atoms with E-state index in [2.05, 4.69) is 26.6 Å². The SMILES string of the molecule is O=C1Nc2ccc(Br)cc2C(=O)N2CCN(C(=O)[C@@H]3CSCN3)C[C@H]12. The molecule has 9 heteroatoms. The zero-order chi connectivity index (χ0) is 17.6. The molecule has 0 bridgehead atoms. The summed E-state index contributed by atoms with van der Waals surface area (Å²) >= 11 is 5.06. The number of hydrogen-bond donors (Lipinski definition) is 2. The first-order chi connectivity index (χ1) is 12.0. The topological polar surface area (TPSA) is 81.8 Å². The van der Waals surface area contributed by atoms with Crippen LogP contribution in [0.1, 0.15) is 10.4 Å². The van der Waals surface area contributed by atoms with Gasteiger partial charge >= 0.3 is 0 Å². The zero-order valence-corrected chi connectivity index (χ0v) is 15.7. The van der Waals surface area contributed by atoms with Gasteiger partial charge in [0, 0.05) is 29.2 Å². The van der Waals surface area contributed by atoms with Crippen LogP contribution < -0.4 is 10.6 Å². The molecule has 0 spiro atoms. The van der Waals surface area contributed by atoms with Crippen molar-refractivity contribution in [3.63, 3.8) is 0 Å². The summed E-state index contributed by atoms with van der Waals surface area (Å²) in [5.74, 6) is 1.09. The van der Waals surface area contributed by atoms with Gasteiger partial charge in [-0.1, -0.05) is 15.9 Å². The molecule has 2 saturated heterocycles. The minimum absolute atomic E-state index is 0.00871. The number of carbonyl (C=O) groups is 3. The second kappa shape index (κ2) is 6.62. The Kier molecular flexibility index (Phi) is 4.47. The number of nitrogens with one attached hydrogen (secondary N) is 2. The fourth-order valence-corrected chi connectivity index (χ4v) is 4.69. The third-order valence-corrected chi connectivity index (χ3v) is 6.17. The number of piperazine rings is 1. The maximum Gasteiger partial charge on any atom is 0.256 e. The van der Waals surface area contributed by atoms with Gasteiger partial charge in [0.2, 0.25) is 11.8 Å². The number of carbonyl (C=O) groups excluding carboxylic acids is 3. The van der Waals surface area contributed by atoms with Gasteiger partial charge < -0.3 is 15.1 Å². The maximum absolute atomic E-state index is 12.9. The molecule has 0 unspecified atom stereocenters. The largest absolute Gasteiger partial charge is 0.337 e. The van der Waals surface area contributed by atoms with Crippen LogP contribution in [0.2, 0.25) is 0 Å². The lowest BCUT2D eigenvalue weighted by Gasteiger charge is -2.40. The maximum atomic E-state index is 12.9. The third kappa shape index (κ3) is 3.04. The Bertz CT molecular complexity index is 753. The molecule has 2 atom stereocenters. The number of hydrogen-bond acceptors (Lipinski definition) is 5. The Hall–Kier alpha value is -1.58. The van der Waals surface area contributed by atoms with Crippen LogP contribution in [-0.2, 0) is 9.59 Å². The highest BCUT2D eigenvalue weighted by molar-refractivity contribution is 9.10. The van der Waals surface area contributed by atoms with Crippen molar-refractivity contribution in [3.8, 4) is 0 Å². The van der Waals surface area contributed by atoms with Gasteiger partial charge in [-0.05, 0) is 18.2 Å². The lowest BCUT2D eigenvalue weighted by Crippen LogP contribution is -2.61. The van der Waals surface area contributed by atoms with E-state index in [1.54, 1.807) is 39.8 Å². The van der Waals surface area contributed by atoms with Crippen molar-refractivity contribution in [3.05, 3.63) is 28.2 Å². The summed E-state index contributed by atoms with van der Waals surface area (Å²) in [4.78, 5) is 41.4. The number of fused-ring (bicyclic) bond motifs is 2. The van der Waals surface area contributed by atoms with Crippen LogP contribution in [0.3, 0.4) is 0 Å². The summed E-state index contributed by atoms with van der Waals surface area (Å²) in [7, 11) is 0. The van der Waals surface area contributed by atoms with Gasteiger partial charge in [-0.15, -0.1) is 11.8 Å². The molecule has 3 aliphatic heterocycles. The second-order valence-corrected chi connectivity index (χ2v) is 8.20. The molecule has 7 nitrogen and oxygen atoms in total. The van der Waals surface area contributed by atoms with E-state index >= 15 is 0 Å². The molecule has 2 fully saturated rings. The Labute approximate surface area is 157 Å². The van der Waals surface area contributed by atoms with Crippen LogP contribution >= 0.6 is 27.7 Å². The van der Waals surface area contributed by atoms with Gasteiger partial charge in [-0.2, -0.15) is 0 Å². The van der Waals surface area contributed by atoms with Gasteiger partial charge in [-0.25, -0.2) is 0 Å². The molecule has 3 aliphatic rings. The molecule has 0 saturated carbocycles. The first kappa shape index (κ1) is 16.9. The van der Waals surface area contributed by atoms with Crippen molar-refractivity contribution in [1.29, 1.82) is 0 Å². The Morgan fingerprint density at radius 1 is 1.28 bits per heavy atom. The average Bonchev–Trinajstić information content (AvgIpc) is 3.13. The number of amides is 3. The number of rotatable bonds is 1. The van der Waals surface area contributed by atoms with Gasteiger partial charge in [-0.3, -0.25) is 19.7 Å². The van der Waals surface area contributed by atoms with Crippen molar-refractivity contribution < 1.29 is 14.4 Å². The lowest BCUT2D eigenvalue weighted by molar-refractivity contribution is -0.137. The summed E-state index contributed by atoms with van der Waals surface area (Å²) in [5.41, 5.74) is 0.984. The fraction of sp³-hybridized carbons (Fsp3) is 0.438. The monoisotopic (exact) mass is 424 g/mol. The molecule has 2 N–H and O–H groups in total. The third-order valence-electron chi connectivity index (χ3n) is 4.74. The minimum atomic E-state index is -0.662. The van der Waals surface area contributed by atoms with E-state index in [0.29, 0.717) is 24.3 Å². The van der Waals surface area contributed by atoms with Crippen molar-refractivity contribution in [2.45, 2.75) is 12.1 Å². The number of nitrogens with zero attached hydrogens (tertiary/aromatic N) is 2. The highest BCUT2D eigenvalue weighted by Gasteiger charge is 2.41. The standard InChI is InChI=1S/C16H17BrN4O3S/c17-9-1-2-11-10(5-9)15(23)21-4-3-20(6-13(21)14(22)19-11)16(24)12-7-25-8-18-12/h1-2,5,12-13,18H,3-4,6-8H2,(H,19,22)/t12-,13+/m0/s1. The molecule has 25 heavy (non-hydrogen) atoms. The second-order valence-electron chi connectivity index (χ2n) is 6.25. The molecule has 0 radical (unpaired) electrons. The molecule has 1 aromatic rings. The fourth-order valence-electron chi connectivity index (χ4n) is 3.40. The van der Waals surface area contributed by atoms with Crippen LogP contribution in [0.5, 0.6) is 0 Å². The Morgan fingerprint density at radius 2 is 2.12 bits per heavy atom. The summed E-state index contributed by atoms with van der Waals surface area (Å²) < 4.78 is 0.783. The van der Waals surface area contributed by atoms with Gasteiger partial charge in [0.25, 0.3) is 5.91 Å². The number of anilines is 1. The Balaban J connectivity index is 1.58. The van der Waals surface area contributed by atoms with E-state index in [4.69, 9.17) is 0 Å². The van der Waals surface area contributed by atoms with E-state index < -0.39 is 6.04 Å². The van der Waals surface area contributed by atoms with Crippen LogP contribution in [0.4, 0.5) is 5.69 Å². The molecular weight excluding hydrogens is 408 g/mol. The predicted molar refractivity (Wildman–Crippen MR) is 98.4 cm³/mol. The van der Waals surface area contributed by atoms with Crippen molar-refractivity contribution in [2.75, 3.05) is 36.6 Å². The summed E-state index contributed by atoms with van der Waals surface area (Å²) in [6, 6.07) is 4.36. The van der Waals surface area contributed by atoms with E-state index in [9.17, 15) is 14.4 Å².